The minimum absolute atomic E-state index is 0.166. The molecule has 1 aromatic heterocycles. The van der Waals surface area contributed by atoms with Crippen LogP contribution in [-0.2, 0) is 11.2 Å². The molecule has 90 valence electrons. The minimum atomic E-state index is -0.166. The van der Waals surface area contributed by atoms with Crippen LogP contribution in [0.1, 0.15) is 43.3 Å². The summed E-state index contributed by atoms with van der Waals surface area (Å²) in [5.74, 6) is 0.605. The lowest BCUT2D eigenvalue weighted by Gasteiger charge is -2.20. The molecular weight excluding hydrogens is 220 g/mol. The lowest BCUT2D eigenvalue weighted by atomic mass is 10.00. The summed E-state index contributed by atoms with van der Waals surface area (Å²) in [4.78, 5) is 4.70. The predicted molar refractivity (Wildman–Crippen MR) is 66.9 cm³/mol. The summed E-state index contributed by atoms with van der Waals surface area (Å²) in [6.07, 6.45) is 3.07. The van der Waals surface area contributed by atoms with E-state index in [0.29, 0.717) is 5.92 Å². The average molecular weight is 240 g/mol. The summed E-state index contributed by atoms with van der Waals surface area (Å²) in [6, 6.07) is 0. The fourth-order valence-electron chi connectivity index (χ4n) is 2.00. The highest BCUT2D eigenvalue weighted by molar-refractivity contribution is 7.09. The molecule has 2 N–H and O–H groups in total. The summed E-state index contributed by atoms with van der Waals surface area (Å²) in [7, 11) is 0. The molecule has 0 spiro atoms. The number of hydrogen-bond donors (Lipinski definition) is 1. The molecule has 1 aliphatic heterocycles. The predicted octanol–water partition coefficient (Wildman–Crippen LogP) is 2.32. The van der Waals surface area contributed by atoms with Gasteiger partial charge in [0.2, 0.25) is 0 Å². The van der Waals surface area contributed by atoms with Gasteiger partial charge in [0, 0.05) is 36.5 Å². The molecule has 0 aromatic carbocycles. The van der Waals surface area contributed by atoms with Crippen molar-refractivity contribution in [2.24, 2.45) is 5.73 Å². The normalized spacial score (nSPS) is 18.9. The van der Waals surface area contributed by atoms with Crippen molar-refractivity contribution in [2.75, 3.05) is 13.2 Å². The summed E-state index contributed by atoms with van der Waals surface area (Å²) in [6.45, 7) is 5.84. The van der Waals surface area contributed by atoms with Gasteiger partial charge in [0.1, 0.15) is 0 Å². The quantitative estimate of drug-likeness (QED) is 0.882. The Bertz CT molecular complexity index is 337. The van der Waals surface area contributed by atoms with E-state index < -0.39 is 0 Å². The van der Waals surface area contributed by atoms with Crippen LogP contribution in [0.3, 0.4) is 0 Å². The monoisotopic (exact) mass is 240 g/mol. The van der Waals surface area contributed by atoms with E-state index in [1.54, 1.807) is 11.3 Å². The Labute approximate surface area is 101 Å². The highest BCUT2D eigenvalue weighted by atomic mass is 32.1. The van der Waals surface area contributed by atoms with Gasteiger partial charge in [-0.3, -0.25) is 0 Å². The average Bonchev–Trinajstić information content (AvgIpc) is 2.65. The van der Waals surface area contributed by atoms with Crippen molar-refractivity contribution in [1.82, 2.24) is 4.98 Å². The van der Waals surface area contributed by atoms with E-state index in [0.717, 1.165) is 38.2 Å². The van der Waals surface area contributed by atoms with Gasteiger partial charge in [0.15, 0.2) is 0 Å². The lowest BCUT2D eigenvalue weighted by Crippen LogP contribution is -2.34. The lowest BCUT2D eigenvalue weighted by molar-refractivity contribution is 0.0852. The van der Waals surface area contributed by atoms with Gasteiger partial charge in [-0.2, -0.15) is 0 Å². The summed E-state index contributed by atoms with van der Waals surface area (Å²) in [5, 5.41) is 3.42. The van der Waals surface area contributed by atoms with E-state index in [2.05, 4.69) is 5.38 Å². The molecule has 1 saturated heterocycles. The van der Waals surface area contributed by atoms with Gasteiger partial charge in [-0.25, -0.2) is 4.98 Å². The number of aromatic nitrogens is 1. The van der Waals surface area contributed by atoms with Gasteiger partial charge in [-0.1, -0.05) is 0 Å². The molecule has 4 heteroatoms. The maximum Gasteiger partial charge on any atom is 0.0960 e. The van der Waals surface area contributed by atoms with E-state index >= 15 is 0 Å². The second-order valence-electron chi connectivity index (χ2n) is 5.23. The van der Waals surface area contributed by atoms with Crippen LogP contribution in [0.5, 0.6) is 0 Å². The van der Waals surface area contributed by atoms with Crippen LogP contribution < -0.4 is 5.73 Å². The van der Waals surface area contributed by atoms with Crippen LogP contribution in [0.15, 0.2) is 5.38 Å². The van der Waals surface area contributed by atoms with Crippen molar-refractivity contribution in [2.45, 2.75) is 44.6 Å². The van der Waals surface area contributed by atoms with Crippen LogP contribution in [0, 0.1) is 0 Å². The minimum Gasteiger partial charge on any atom is -0.381 e. The summed E-state index contributed by atoms with van der Waals surface area (Å²) in [5.41, 5.74) is 6.97. The zero-order valence-corrected chi connectivity index (χ0v) is 10.8. The smallest absolute Gasteiger partial charge is 0.0960 e. The molecule has 1 fully saturated rings. The maximum atomic E-state index is 6.00. The van der Waals surface area contributed by atoms with Gasteiger partial charge in [0.05, 0.1) is 10.7 Å². The molecule has 1 aromatic rings. The first-order valence-corrected chi connectivity index (χ1v) is 6.73. The van der Waals surface area contributed by atoms with Crippen LogP contribution in [0.25, 0.3) is 0 Å². The van der Waals surface area contributed by atoms with Crippen molar-refractivity contribution in [3.05, 3.63) is 16.1 Å². The van der Waals surface area contributed by atoms with E-state index in [1.165, 1.54) is 5.01 Å². The van der Waals surface area contributed by atoms with Crippen LogP contribution in [0.2, 0.25) is 0 Å². The molecule has 1 aliphatic rings. The summed E-state index contributed by atoms with van der Waals surface area (Å²) < 4.78 is 5.37. The zero-order chi connectivity index (χ0) is 11.6. The SMILES string of the molecule is CC(C)(N)Cc1csc(C2CCOCC2)n1. The third-order valence-electron chi connectivity index (χ3n) is 2.78. The highest BCUT2D eigenvalue weighted by Crippen LogP contribution is 2.29. The third kappa shape index (κ3) is 3.27. The first-order chi connectivity index (χ1) is 7.54. The molecule has 3 nitrogen and oxygen atoms in total. The molecule has 0 atom stereocenters. The summed E-state index contributed by atoms with van der Waals surface area (Å²) >= 11 is 1.77. The second-order valence-corrected chi connectivity index (χ2v) is 6.12. The standard InChI is InChI=1S/C12H20N2OS/c1-12(2,13)7-10-8-16-11(14-10)9-3-5-15-6-4-9/h8-9H,3-7,13H2,1-2H3. The molecule has 0 amide bonds. The molecule has 2 heterocycles. The Hall–Kier alpha value is -0.450. The van der Waals surface area contributed by atoms with E-state index in [9.17, 15) is 0 Å². The van der Waals surface area contributed by atoms with E-state index in [4.69, 9.17) is 15.5 Å². The van der Waals surface area contributed by atoms with Gasteiger partial charge >= 0.3 is 0 Å². The topological polar surface area (TPSA) is 48.1 Å². The zero-order valence-electron chi connectivity index (χ0n) is 10.0. The third-order valence-corrected chi connectivity index (χ3v) is 3.83. The molecule has 0 saturated carbocycles. The number of hydrogen-bond acceptors (Lipinski definition) is 4. The van der Waals surface area contributed by atoms with E-state index in [-0.39, 0.29) is 5.54 Å². The van der Waals surface area contributed by atoms with Gasteiger partial charge in [-0.05, 0) is 26.7 Å². The van der Waals surface area contributed by atoms with Gasteiger partial charge < -0.3 is 10.5 Å². The molecule has 0 radical (unpaired) electrons. The molecule has 0 bridgehead atoms. The molecule has 0 aliphatic carbocycles. The fourth-order valence-corrected chi connectivity index (χ4v) is 2.99. The van der Waals surface area contributed by atoms with Crippen molar-refractivity contribution < 1.29 is 4.74 Å². The van der Waals surface area contributed by atoms with Crippen molar-refractivity contribution in [3.63, 3.8) is 0 Å². The van der Waals surface area contributed by atoms with Gasteiger partial charge in [-0.15, -0.1) is 11.3 Å². The number of thiazole rings is 1. The number of nitrogens with two attached hydrogens (primary N) is 1. The highest BCUT2D eigenvalue weighted by Gasteiger charge is 2.20. The van der Waals surface area contributed by atoms with Crippen molar-refractivity contribution >= 4 is 11.3 Å². The number of ether oxygens (including phenoxy) is 1. The molecule has 16 heavy (non-hydrogen) atoms. The molecule has 2 rings (SSSR count). The Morgan fingerprint density at radius 3 is 2.81 bits per heavy atom. The molecular formula is C12H20N2OS. The van der Waals surface area contributed by atoms with Crippen molar-refractivity contribution in [1.29, 1.82) is 0 Å². The first-order valence-electron chi connectivity index (χ1n) is 5.85. The Morgan fingerprint density at radius 2 is 2.19 bits per heavy atom. The number of nitrogens with zero attached hydrogens (tertiary/aromatic N) is 1. The van der Waals surface area contributed by atoms with Gasteiger partial charge in [0.25, 0.3) is 0 Å². The fraction of sp³-hybridized carbons (Fsp3) is 0.750. The second kappa shape index (κ2) is 4.82. The van der Waals surface area contributed by atoms with Crippen molar-refractivity contribution in [3.8, 4) is 0 Å². The Kier molecular flexibility index (Phi) is 3.62. The Balaban J connectivity index is 2.01. The van der Waals surface area contributed by atoms with E-state index in [1.807, 2.05) is 13.8 Å². The van der Waals surface area contributed by atoms with Crippen LogP contribution in [0.4, 0.5) is 0 Å². The molecule has 0 unspecified atom stereocenters. The Morgan fingerprint density at radius 1 is 1.50 bits per heavy atom. The maximum absolute atomic E-state index is 6.00. The number of rotatable bonds is 3. The van der Waals surface area contributed by atoms with Crippen LogP contribution in [-0.4, -0.2) is 23.7 Å². The first kappa shape index (κ1) is 12.0. The largest absolute Gasteiger partial charge is 0.381 e. The van der Waals surface area contributed by atoms with Crippen LogP contribution >= 0.6 is 11.3 Å².